The quantitative estimate of drug-likeness (QED) is 0.0205. The van der Waals surface area contributed by atoms with Crippen molar-refractivity contribution >= 4 is 19.7 Å². The number of ether oxygens (including phenoxy) is 1. The zero-order chi connectivity index (χ0) is 52.2. The van der Waals surface area contributed by atoms with Gasteiger partial charge in [-0.1, -0.05) is 237 Å². The fourth-order valence-corrected chi connectivity index (χ4v) is 9.31. The van der Waals surface area contributed by atoms with Crippen LogP contribution in [-0.4, -0.2) is 74.3 Å². The lowest BCUT2D eigenvalue weighted by atomic mass is 10.0. The fraction of sp³-hybridized carbons (Fsp3) is 0.836. The van der Waals surface area contributed by atoms with E-state index in [-0.39, 0.29) is 31.5 Å². The van der Waals surface area contributed by atoms with Crippen LogP contribution in [0.15, 0.2) is 48.6 Å². The summed E-state index contributed by atoms with van der Waals surface area (Å²) in [4.78, 5) is 37.6. The molecule has 2 N–H and O–H groups in total. The van der Waals surface area contributed by atoms with Gasteiger partial charge in [0.25, 0.3) is 0 Å². The molecule has 0 saturated carbocycles. The molecule has 3 unspecified atom stereocenters. The number of phosphoric acid groups is 1. The number of quaternary nitrogens is 1. The number of unbranched alkanes of at least 4 members (excludes halogenated alkanes) is 32. The molecule has 0 saturated heterocycles. The van der Waals surface area contributed by atoms with Crippen molar-refractivity contribution in [3.63, 3.8) is 0 Å². The van der Waals surface area contributed by atoms with Crippen molar-refractivity contribution in [2.24, 2.45) is 0 Å². The van der Waals surface area contributed by atoms with Crippen molar-refractivity contribution in [1.82, 2.24) is 5.32 Å². The highest BCUT2D eigenvalue weighted by molar-refractivity contribution is 7.47. The van der Waals surface area contributed by atoms with Crippen LogP contribution in [0.2, 0.25) is 0 Å². The van der Waals surface area contributed by atoms with Gasteiger partial charge in [0.2, 0.25) is 5.91 Å². The number of nitrogens with one attached hydrogen (secondary N) is 1. The van der Waals surface area contributed by atoms with E-state index < -0.39 is 20.0 Å². The Bertz CT molecular complexity index is 1360. The smallest absolute Gasteiger partial charge is 0.456 e. The van der Waals surface area contributed by atoms with Crippen LogP contribution in [-0.2, 0) is 27.9 Å². The van der Waals surface area contributed by atoms with Gasteiger partial charge >= 0.3 is 13.8 Å². The summed E-state index contributed by atoms with van der Waals surface area (Å²) in [6.45, 7) is 6.98. The van der Waals surface area contributed by atoms with Crippen LogP contribution in [0.5, 0.6) is 0 Å². The maximum atomic E-state index is 13.5. The number of likely N-dealkylation sites (N-methyl/N-ethyl adjacent to an activating group) is 1. The molecule has 0 aromatic rings. The monoisotopic (exact) mass is 1020 g/mol. The third-order valence-corrected chi connectivity index (χ3v) is 14.2. The number of nitrogens with zero attached hydrogens (tertiary/aromatic N) is 1. The average molecular weight is 1020 g/mol. The normalized spacial score (nSPS) is 14.1. The molecule has 0 heterocycles. The molecule has 0 bridgehead atoms. The SMILES string of the molecule is CCCCCCCC/C=C\C/C=C/CCC(=O)OC(/C=C\CCCCCCCCCCCCC)C(COP(=O)(O)OCC[N+](C)(C)C)NC(=O)CCCCCCCCCCC/C=C/CCCCCCCC. The number of carbonyl (C=O) groups excluding carboxylic acids is 2. The highest BCUT2D eigenvalue weighted by atomic mass is 31.2. The Kier molecular flexibility index (Phi) is 50.0. The van der Waals surface area contributed by atoms with E-state index in [9.17, 15) is 19.0 Å². The maximum absolute atomic E-state index is 13.5. The summed E-state index contributed by atoms with van der Waals surface area (Å²) in [5.74, 6) is -0.579. The molecular weight excluding hydrogens is 904 g/mol. The topological polar surface area (TPSA) is 111 Å². The summed E-state index contributed by atoms with van der Waals surface area (Å²) in [5.41, 5.74) is 0. The summed E-state index contributed by atoms with van der Waals surface area (Å²) in [5, 5.41) is 3.04. The van der Waals surface area contributed by atoms with Gasteiger partial charge in [0.05, 0.1) is 33.8 Å². The molecule has 3 atom stereocenters. The average Bonchev–Trinajstić information content (AvgIpc) is 3.33. The third kappa shape index (κ3) is 52.6. The molecular formula is C61H116N2O7P+. The molecule has 10 heteroatoms. The summed E-state index contributed by atoms with van der Waals surface area (Å²) in [7, 11) is 1.47. The number of amides is 1. The Morgan fingerprint density at radius 1 is 0.493 bits per heavy atom. The highest BCUT2D eigenvalue weighted by Gasteiger charge is 2.30. The molecule has 1 amide bonds. The minimum Gasteiger partial charge on any atom is -0.456 e. The molecule has 416 valence electrons. The second-order valence-corrected chi connectivity index (χ2v) is 23.0. The van der Waals surface area contributed by atoms with E-state index in [4.69, 9.17) is 13.8 Å². The van der Waals surface area contributed by atoms with Crippen molar-refractivity contribution in [3.8, 4) is 0 Å². The number of esters is 1. The van der Waals surface area contributed by atoms with E-state index in [0.29, 0.717) is 23.9 Å². The van der Waals surface area contributed by atoms with E-state index in [1.807, 2.05) is 39.4 Å². The lowest BCUT2D eigenvalue weighted by Gasteiger charge is -2.27. The van der Waals surface area contributed by atoms with Gasteiger partial charge in [0, 0.05) is 12.8 Å². The largest absolute Gasteiger partial charge is 0.472 e. The Balaban J connectivity index is 5.34. The highest BCUT2D eigenvalue weighted by Crippen LogP contribution is 2.43. The molecule has 0 aromatic carbocycles. The number of carbonyl (C=O) groups is 2. The Hall–Kier alpha value is -2.03. The van der Waals surface area contributed by atoms with Gasteiger partial charge in [-0.25, -0.2) is 4.57 Å². The predicted octanol–water partition coefficient (Wildman–Crippen LogP) is 18.1. The van der Waals surface area contributed by atoms with E-state index in [1.165, 1.54) is 186 Å². The van der Waals surface area contributed by atoms with E-state index in [0.717, 1.165) is 51.4 Å². The minimum absolute atomic E-state index is 0.0327. The van der Waals surface area contributed by atoms with Crippen molar-refractivity contribution in [3.05, 3.63) is 48.6 Å². The van der Waals surface area contributed by atoms with Crippen LogP contribution in [0.25, 0.3) is 0 Å². The number of hydrogen-bond donors (Lipinski definition) is 2. The number of phosphoric ester groups is 1. The molecule has 71 heavy (non-hydrogen) atoms. The summed E-state index contributed by atoms with van der Waals surface area (Å²) in [6, 6.07) is -0.870. The van der Waals surface area contributed by atoms with Gasteiger partial charge < -0.3 is 19.4 Å². The predicted molar refractivity (Wildman–Crippen MR) is 305 cm³/mol. The fourth-order valence-electron chi connectivity index (χ4n) is 8.58. The van der Waals surface area contributed by atoms with Gasteiger partial charge in [-0.3, -0.25) is 18.6 Å². The Labute approximate surface area is 439 Å². The van der Waals surface area contributed by atoms with Gasteiger partial charge in [-0.05, 0) is 76.7 Å². The zero-order valence-corrected chi connectivity index (χ0v) is 48.4. The van der Waals surface area contributed by atoms with Crippen LogP contribution in [0, 0.1) is 0 Å². The number of rotatable bonds is 54. The van der Waals surface area contributed by atoms with Crippen LogP contribution >= 0.6 is 7.82 Å². The molecule has 0 fully saturated rings. The Morgan fingerprint density at radius 2 is 0.873 bits per heavy atom. The standard InChI is InChI=1S/C61H115N2O7P/c1-7-10-13-16-19-22-25-28-29-30-31-32-33-36-38-41-44-47-50-53-60(64)62-58(57-69-71(66,67)68-56-55-63(4,5)6)59(52-49-46-43-40-37-34-26-23-20-17-14-11-8-2)70-61(65)54-51-48-45-42-39-35-27-24-21-18-15-12-9-3/h28-29,35,39,45,48-49,52,58-59H,7-27,30-34,36-38,40-44,46-47,50-51,53-57H2,1-6H3,(H-,62,64,66,67)/p+1/b29-28+,39-35-,48-45+,52-49-. The molecule has 0 radical (unpaired) electrons. The third-order valence-electron chi connectivity index (χ3n) is 13.3. The minimum atomic E-state index is -4.46. The van der Waals surface area contributed by atoms with Crippen LogP contribution in [0.4, 0.5) is 0 Å². The first-order valence-electron chi connectivity index (χ1n) is 30.0. The second-order valence-electron chi connectivity index (χ2n) is 21.5. The van der Waals surface area contributed by atoms with Crippen molar-refractivity contribution < 1.29 is 37.3 Å². The van der Waals surface area contributed by atoms with Gasteiger partial charge in [-0.2, -0.15) is 0 Å². The first-order chi connectivity index (χ1) is 34.4. The summed E-state index contributed by atoms with van der Waals surface area (Å²) >= 11 is 0. The molecule has 0 aliphatic carbocycles. The lowest BCUT2D eigenvalue weighted by Crippen LogP contribution is -2.47. The van der Waals surface area contributed by atoms with E-state index in [2.05, 4.69) is 56.5 Å². The van der Waals surface area contributed by atoms with Crippen molar-refractivity contribution in [2.45, 2.75) is 290 Å². The van der Waals surface area contributed by atoms with Crippen molar-refractivity contribution in [1.29, 1.82) is 0 Å². The van der Waals surface area contributed by atoms with Gasteiger partial charge in [-0.15, -0.1) is 0 Å². The number of hydrogen-bond acceptors (Lipinski definition) is 6. The van der Waals surface area contributed by atoms with Crippen LogP contribution < -0.4 is 5.32 Å². The van der Waals surface area contributed by atoms with Crippen molar-refractivity contribution in [2.75, 3.05) is 40.9 Å². The Morgan fingerprint density at radius 3 is 1.31 bits per heavy atom. The molecule has 0 aromatic heterocycles. The molecule has 0 aliphatic rings. The summed E-state index contributed by atoms with van der Waals surface area (Å²) in [6.07, 6.45) is 62.6. The van der Waals surface area contributed by atoms with E-state index >= 15 is 0 Å². The molecule has 9 nitrogen and oxygen atoms in total. The molecule has 0 rings (SSSR count). The van der Waals surface area contributed by atoms with Crippen LogP contribution in [0.1, 0.15) is 278 Å². The zero-order valence-electron chi connectivity index (χ0n) is 47.5. The molecule has 0 spiro atoms. The van der Waals surface area contributed by atoms with E-state index in [1.54, 1.807) is 0 Å². The van der Waals surface area contributed by atoms with Gasteiger partial charge in [0.1, 0.15) is 19.3 Å². The maximum Gasteiger partial charge on any atom is 0.472 e. The number of allylic oxidation sites excluding steroid dienone is 7. The van der Waals surface area contributed by atoms with Crippen LogP contribution in [0.3, 0.4) is 0 Å². The lowest BCUT2D eigenvalue weighted by molar-refractivity contribution is -0.870. The van der Waals surface area contributed by atoms with Gasteiger partial charge in [0.15, 0.2) is 0 Å². The first-order valence-corrected chi connectivity index (χ1v) is 31.5. The first kappa shape index (κ1) is 69.0. The second kappa shape index (κ2) is 51.5. The summed E-state index contributed by atoms with van der Waals surface area (Å²) < 4.78 is 30.6. The molecule has 0 aliphatic heterocycles.